The van der Waals surface area contributed by atoms with Gasteiger partial charge in [0.2, 0.25) is 5.95 Å². The third-order valence-corrected chi connectivity index (χ3v) is 2.68. The number of nitrogen functional groups attached to an aromatic ring is 1. The highest BCUT2D eigenvalue weighted by atomic mass is 79.9. The van der Waals surface area contributed by atoms with Crippen molar-refractivity contribution in [3.05, 3.63) is 29.4 Å². The molecule has 7 nitrogen and oxygen atoms in total. The highest BCUT2D eigenvalue weighted by Crippen LogP contribution is 2.19. The monoisotopic (exact) mass is 297 g/mol. The summed E-state index contributed by atoms with van der Waals surface area (Å²) in [5.41, 5.74) is 2.40. The molecule has 0 amide bonds. The quantitative estimate of drug-likeness (QED) is 0.559. The Morgan fingerprint density at radius 1 is 1.47 bits per heavy atom. The maximum atomic E-state index is 5.24. The summed E-state index contributed by atoms with van der Waals surface area (Å²) in [6, 6.07) is 0. The molecule has 2 aromatic heterocycles. The van der Waals surface area contributed by atoms with Crippen LogP contribution in [0.5, 0.6) is 0 Å². The molecule has 0 radical (unpaired) electrons. The fourth-order valence-electron chi connectivity index (χ4n) is 1.28. The zero-order chi connectivity index (χ0) is 12.1. The summed E-state index contributed by atoms with van der Waals surface area (Å²) in [7, 11) is 0. The van der Waals surface area contributed by atoms with Crippen molar-refractivity contribution in [3.8, 4) is 0 Å². The number of rotatable bonds is 5. The molecule has 0 atom stereocenters. The van der Waals surface area contributed by atoms with Crippen LogP contribution in [-0.4, -0.2) is 26.1 Å². The van der Waals surface area contributed by atoms with Gasteiger partial charge in [-0.3, -0.25) is 5.43 Å². The second-order valence-electron chi connectivity index (χ2n) is 3.26. The van der Waals surface area contributed by atoms with Gasteiger partial charge in [0.15, 0.2) is 0 Å². The molecular weight excluding hydrogens is 286 g/mol. The van der Waals surface area contributed by atoms with E-state index < -0.39 is 0 Å². The SMILES string of the molecule is NNc1ncc(Br)c(NCCn2ccnc2)n1. The van der Waals surface area contributed by atoms with Gasteiger partial charge in [0.25, 0.3) is 0 Å². The van der Waals surface area contributed by atoms with Crippen LogP contribution in [0, 0.1) is 0 Å². The van der Waals surface area contributed by atoms with Crippen LogP contribution in [0.1, 0.15) is 0 Å². The normalized spacial score (nSPS) is 10.2. The molecule has 0 saturated carbocycles. The molecule has 2 rings (SSSR count). The number of nitrogens with zero attached hydrogens (tertiary/aromatic N) is 4. The van der Waals surface area contributed by atoms with E-state index in [0.717, 1.165) is 17.6 Å². The maximum absolute atomic E-state index is 5.24. The molecular formula is C9H12BrN7. The fraction of sp³-hybridized carbons (Fsp3) is 0.222. The van der Waals surface area contributed by atoms with Gasteiger partial charge >= 0.3 is 0 Å². The molecule has 8 heteroatoms. The van der Waals surface area contributed by atoms with Crippen LogP contribution in [0.4, 0.5) is 11.8 Å². The first-order valence-corrected chi connectivity index (χ1v) is 5.77. The lowest BCUT2D eigenvalue weighted by Crippen LogP contribution is -2.14. The number of nitrogens with one attached hydrogen (secondary N) is 2. The van der Waals surface area contributed by atoms with E-state index in [9.17, 15) is 0 Å². The molecule has 90 valence electrons. The zero-order valence-electron chi connectivity index (χ0n) is 8.97. The van der Waals surface area contributed by atoms with Gasteiger partial charge in [0.1, 0.15) is 5.82 Å². The molecule has 2 aromatic rings. The Kier molecular flexibility index (Phi) is 3.89. The second-order valence-corrected chi connectivity index (χ2v) is 4.12. The number of nitrogens with two attached hydrogens (primary N) is 1. The first-order valence-electron chi connectivity index (χ1n) is 4.98. The Hall–Kier alpha value is -1.67. The molecule has 0 aliphatic rings. The molecule has 0 saturated heterocycles. The van der Waals surface area contributed by atoms with E-state index in [1.165, 1.54) is 0 Å². The van der Waals surface area contributed by atoms with Gasteiger partial charge in [0, 0.05) is 31.7 Å². The van der Waals surface area contributed by atoms with E-state index in [0.29, 0.717) is 11.8 Å². The van der Waals surface area contributed by atoms with E-state index in [4.69, 9.17) is 5.84 Å². The summed E-state index contributed by atoms with van der Waals surface area (Å²) < 4.78 is 2.77. The molecule has 17 heavy (non-hydrogen) atoms. The first kappa shape index (κ1) is 11.8. The molecule has 0 spiro atoms. The van der Waals surface area contributed by atoms with E-state index in [1.54, 1.807) is 18.7 Å². The fourth-order valence-corrected chi connectivity index (χ4v) is 1.61. The van der Waals surface area contributed by atoms with E-state index in [-0.39, 0.29) is 0 Å². The van der Waals surface area contributed by atoms with Crippen LogP contribution < -0.4 is 16.6 Å². The van der Waals surface area contributed by atoms with E-state index >= 15 is 0 Å². The molecule has 4 N–H and O–H groups in total. The first-order chi connectivity index (χ1) is 8.29. The molecule has 0 bridgehead atoms. The minimum atomic E-state index is 0.373. The minimum absolute atomic E-state index is 0.373. The van der Waals surface area contributed by atoms with Crippen molar-refractivity contribution in [1.29, 1.82) is 0 Å². The molecule has 0 aliphatic carbocycles. The summed E-state index contributed by atoms with van der Waals surface area (Å²) in [6.45, 7) is 1.54. The summed E-state index contributed by atoms with van der Waals surface area (Å²) in [5, 5.41) is 3.18. The Bertz CT molecular complexity index is 470. The predicted molar refractivity (Wildman–Crippen MR) is 68.3 cm³/mol. The average Bonchev–Trinajstić information content (AvgIpc) is 2.84. The standard InChI is InChI=1S/C9H12BrN7/c10-7-5-14-9(16-11)15-8(7)13-2-4-17-3-1-12-6-17/h1,3,5-6H,2,4,11H2,(H2,13,14,15,16). The Labute approximate surface area is 107 Å². The molecule has 0 aromatic carbocycles. The summed E-state index contributed by atoms with van der Waals surface area (Å²) in [4.78, 5) is 12.1. The van der Waals surface area contributed by atoms with Gasteiger partial charge in [-0.1, -0.05) is 0 Å². The zero-order valence-corrected chi connectivity index (χ0v) is 10.6. The van der Waals surface area contributed by atoms with Gasteiger partial charge in [-0.2, -0.15) is 4.98 Å². The Balaban J connectivity index is 1.94. The van der Waals surface area contributed by atoms with Crippen molar-refractivity contribution in [3.63, 3.8) is 0 Å². The van der Waals surface area contributed by atoms with Gasteiger partial charge < -0.3 is 9.88 Å². The van der Waals surface area contributed by atoms with Gasteiger partial charge in [0.05, 0.1) is 10.8 Å². The summed E-state index contributed by atoms with van der Waals surface area (Å²) >= 11 is 3.36. The molecule has 2 heterocycles. The lowest BCUT2D eigenvalue weighted by molar-refractivity contribution is 0.725. The largest absolute Gasteiger partial charge is 0.367 e. The highest BCUT2D eigenvalue weighted by Gasteiger charge is 2.03. The smallest absolute Gasteiger partial charge is 0.239 e. The highest BCUT2D eigenvalue weighted by molar-refractivity contribution is 9.10. The lowest BCUT2D eigenvalue weighted by Gasteiger charge is -2.08. The molecule has 0 fully saturated rings. The predicted octanol–water partition coefficient (Wildman–Crippen LogP) is 0.833. The van der Waals surface area contributed by atoms with Crippen molar-refractivity contribution in [2.45, 2.75) is 6.54 Å². The van der Waals surface area contributed by atoms with E-state index in [1.807, 2.05) is 10.8 Å². The minimum Gasteiger partial charge on any atom is -0.367 e. The molecule has 0 aliphatic heterocycles. The number of anilines is 2. The van der Waals surface area contributed by atoms with Crippen LogP contribution in [0.25, 0.3) is 0 Å². The van der Waals surface area contributed by atoms with Gasteiger partial charge in [-0.05, 0) is 15.9 Å². The number of imidazole rings is 1. The van der Waals surface area contributed by atoms with Crippen LogP contribution in [0.15, 0.2) is 29.4 Å². The topological polar surface area (TPSA) is 93.7 Å². The van der Waals surface area contributed by atoms with Crippen molar-refractivity contribution in [2.75, 3.05) is 17.3 Å². The Morgan fingerprint density at radius 3 is 3.06 bits per heavy atom. The van der Waals surface area contributed by atoms with Crippen molar-refractivity contribution in [1.82, 2.24) is 19.5 Å². The number of hydrazine groups is 1. The molecule has 0 unspecified atom stereocenters. The number of aromatic nitrogens is 4. The number of halogens is 1. The van der Waals surface area contributed by atoms with Crippen molar-refractivity contribution in [2.24, 2.45) is 5.84 Å². The summed E-state index contributed by atoms with van der Waals surface area (Å²) in [5.74, 6) is 6.32. The second kappa shape index (κ2) is 5.60. The van der Waals surface area contributed by atoms with E-state index in [2.05, 4.69) is 41.6 Å². The maximum Gasteiger partial charge on any atom is 0.239 e. The van der Waals surface area contributed by atoms with Crippen molar-refractivity contribution >= 4 is 27.7 Å². The number of hydrogen-bond acceptors (Lipinski definition) is 6. The van der Waals surface area contributed by atoms with Crippen LogP contribution in [-0.2, 0) is 6.54 Å². The Morgan fingerprint density at radius 2 is 2.35 bits per heavy atom. The summed E-state index contributed by atoms with van der Waals surface area (Å²) in [6.07, 6.45) is 7.06. The lowest BCUT2D eigenvalue weighted by atomic mass is 10.5. The van der Waals surface area contributed by atoms with Crippen LogP contribution in [0.2, 0.25) is 0 Å². The number of hydrogen-bond donors (Lipinski definition) is 3. The third-order valence-electron chi connectivity index (χ3n) is 2.09. The van der Waals surface area contributed by atoms with Crippen LogP contribution >= 0.6 is 15.9 Å². The van der Waals surface area contributed by atoms with Crippen molar-refractivity contribution < 1.29 is 0 Å². The third kappa shape index (κ3) is 3.14. The average molecular weight is 298 g/mol. The van der Waals surface area contributed by atoms with Gasteiger partial charge in [-0.25, -0.2) is 15.8 Å². The van der Waals surface area contributed by atoms with Crippen LogP contribution in [0.3, 0.4) is 0 Å². The van der Waals surface area contributed by atoms with Gasteiger partial charge in [-0.15, -0.1) is 0 Å².